The van der Waals surface area contributed by atoms with Crippen molar-refractivity contribution in [3.63, 3.8) is 0 Å². The molecule has 0 unspecified atom stereocenters. The van der Waals surface area contributed by atoms with Crippen molar-refractivity contribution in [1.29, 1.82) is 0 Å². The summed E-state index contributed by atoms with van der Waals surface area (Å²) in [5.74, 6) is 1.77. The first-order valence-corrected chi connectivity index (χ1v) is 4.84. The molecule has 7 heteroatoms. The van der Waals surface area contributed by atoms with Gasteiger partial charge in [0.05, 0.1) is 17.0 Å². The molecule has 0 aliphatic heterocycles. The van der Waals surface area contributed by atoms with Gasteiger partial charge in [0, 0.05) is 13.1 Å². The van der Waals surface area contributed by atoms with Crippen molar-refractivity contribution < 1.29 is 9.72 Å². The molecule has 1 heterocycles. The molecule has 0 aromatic carbocycles. The van der Waals surface area contributed by atoms with E-state index < -0.39 is 10.8 Å². The number of aromatic nitrogens is 1. The quantitative estimate of drug-likeness (QED) is 0.353. The molecule has 0 N–H and O–H groups in total. The van der Waals surface area contributed by atoms with E-state index in [1.807, 2.05) is 0 Å². The molecule has 1 amide bonds. The van der Waals surface area contributed by atoms with E-state index in [-0.39, 0.29) is 22.9 Å². The van der Waals surface area contributed by atoms with Crippen LogP contribution in [-0.4, -0.2) is 34.3 Å². The Morgan fingerprint density at radius 1 is 1.76 bits per heavy atom. The second-order valence-corrected chi connectivity index (χ2v) is 3.51. The average molecular weight is 254 g/mol. The number of hydrogen-bond acceptors (Lipinski definition) is 4. The van der Waals surface area contributed by atoms with Crippen LogP contribution in [0.3, 0.4) is 0 Å². The van der Waals surface area contributed by atoms with Crippen LogP contribution in [0, 0.1) is 22.5 Å². The van der Waals surface area contributed by atoms with Gasteiger partial charge in [-0.1, -0.05) is 17.5 Å². The molecule has 0 aliphatic rings. The van der Waals surface area contributed by atoms with E-state index in [4.69, 9.17) is 18.0 Å². The van der Waals surface area contributed by atoms with E-state index in [0.29, 0.717) is 0 Å². The van der Waals surface area contributed by atoms with Crippen molar-refractivity contribution in [3.05, 3.63) is 33.1 Å². The van der Waals surface area contributed by atoms with Crippen LogP contribution in [0.5, 0.6) is 0 Å². The van der Waals surface area contributed by atoms with Gasteiger partial charge < -0.3 is 4.90 Å². The van der Waals surface area contributed by atoms with Crippen LogP contribution in [0.1, 0.15) is 10.4 Å². The Kier molecular flexibility index (Phi) is 4.01. The minimum absolute atomic E-state index is 0.0429. The fraction of sp³-hybridized carbons (Fsp3) is 0.200. The highest BCUT2D eigenvalue weighted by molar-refractivity contribution is 6.32. The minimum atomic E-state index is -0.651. The summed E-state index contributed by atoms with van der Waals surface area (Å²) >= 11 is 5.71. The fourth-order valence-corrected chi connectivity index (χ4v) is 1.29. The van der Waals surface area contributed by atoms with Gasteiger partial charge in [0.25, 0.3) is 11.6 Å². The number of halogens is 1. The van der Waals surface area contributed by atoms with Gasteiger partial charge in [0.2, 0.25) is 0 Å². The molecule has 0 spiro atoms. The molecule has 0 bridgehead atoms. The summed E-state index contributed by atoms with van der Waals surface area (Å²) in [5.41, 5.74) is -0.342. The Morgan fingerprint density at radius 2 is 2.41 bits per heavy atom. The van der Waals surface area contributed by atoms with Gasteiger partial charge in [-0.25, -0.2) is 4.98 Å². The van der Waals surface area contributed by atoms with Crippen molar-refractivity contribution in [1.82, 2.24) is 9.88 Å². The summed E-state index contributed by atoms with van der Waals surface area (Å²) in [4.78, 5) is 26.5. The highest BCUT2D eigenvalue weighted by Gasteiger charge is 2.19. The lowest BCUT2D eigenvalue weighted by Gasteiger charge is -2.13. The molecule has 0 atom stereocenters. The van der Waals surface area contributed by atoms with E-state index in [1.165, 1.54) is 11.9 Å². The van der Waals surface area contributed by atoms with E-state index in [9.17, 15) is 14.9 Å². The number of amides is 1. The second kappa shape index (κ2) is 5.27. The molecule has 17 heavy (non-hydrogen) atoms. The standard InChI is InChI=1S/C10H8ClN3O3/c1-3-4-13(2)10(15)8-5-7(14(16)17)6-12-9(8)11/h1,5-6H,4H2,2H3. The largest absolute Gasteiger partial charge is 0.330 e. The van der Waals surface area contributed by atoms with E-state index >= 15 is 0 Å². The Bertz CT molecular complexity index is 510. The second-order valence-electron chi connectivity index (χ2n) is 3.15. The topological polar surface area (TPSA) is 76.3 Å². The SMILES string of the molecule is C#CCN(C)C(=O)c1cc([N+](=O)[O-])cnc1Cl. The number of nitro groups is 1. The third-order valence-corrected chi connectivity index (χ3v) is 2.24. The number of hydrogen-bond donors (Lipinski definition) is 0. The molecular formula is C10H8ClN3O3. The number of pyridine rings is 1. The first-order valence-electron chi connectivity index (χ1n) is 4.46. The van der Waals surface area contributed by atoms with Crippen molar-refractivity contribution in [2.45, 2.75) is 0 Å². The zero-order chi connectivity index (χ0) is 13.0. The van der Waals surface area contributed by atoms with Crippen molar-refractivity contribution in [2.24, 2.45) is 0 Å². The zero-order valence-electron chi connectivity index (χ0n) is 8.88. The first kappa shape index (κ1) is 12.9. The highest BCUT2D eigenvalue weighted by Crippen LogP contribution is 2.20. The molecule has 6 nitrogen and oxygen atoms in total. The maximum absolute atomic E-state index is 11.8. The van der Waals surface area contributed by atoms with Crippen molar-refractivity contribution in [2.75, 3.05) is 13.6 Å². The third kappa shape index (κ3) is 2.92. The van der Waals surface area contributed by atoms with E-state index in [2.05, 4.69) is 10.9 Å². The lowest BCUT2D eigenvalue weighted by molar-refractivity contribution is -0.385. The van der Waals surface area contributed by atoms with Crippen molar-refractivity contribution in [3.8, 4) is 12.3 Å². The average Bonchev–Trinajstić information content (AvgIpc) is 2.28. The monoisotopic (exact) mass is 253 g/mol. The van der Waals surface area contributed by atoms with Gasteiger partial charge in [0.1, 0.15) is 11.3 Å². The Hall–Kier alpha value is -2.13. The molecule has 1 aromatic heterocycles. The predicted molar refractivity (Wildman–Crippen MR) is 61.7 cm³/mol. The number of nitrogens with zero attached hydrogens (tertiary/aromatic N) is 3. The van der Waals surface area contributed by atoms with Crippen LogP contribution in [0.2, 0.25) is 5.15 Å². The van der Waals surface area contributed by atoms with E-state index in [0.717, 1.165) is 12.3 Å². The fourth-order valence-electron chi connectivity index (χ4n) is 1.10. The Balaban J connectivity index is 3.13. The normalized spacial score (nSPS) is 9.47. The van der Waals surface area contributed by atoms with Gasteiger partial charge in [-0.2, -0.15) is 0 Å². The minimum Gasteiger partial charge on any atom is -0.330 e. The maximum atomic E-state index is 11.8. The molecule has 0 saturated carbocycles. The van der Waals surface area contributed by atoms with Crippen LogP contribution in [0.25, 0.3) is 0 Å². The lowest BCUT2D eigenvalue weighted by Crippen LogP contribution is -2.27. The number of carbonyl (C=O) groups is 1. The molecule has 1 rings (SSSR count). The van der Waals surface area contributed by atoms with Crippen molar-refractivity contribution >= 4 is 23.2 Å². The van der Waals surface area contributed by atoms with Crippen LogP contribution < -0.4 is 0 Å². The van der Waals surface area contributed by atoms with Gasteiger partial charge in [-0.3, -0.25) is 14.9 Å². The maximum Gasteiger partial charge on any atom is 0.288 e. The highest BCUT2D eigenvalue weighted by atomic mass is 35.5. The van der Waals surface area contributed by atoms with Gasteiger partial charge >= 0.3 is 0 Å². The first-order chi connectivity index (χ1) is 7.97. The number of rotatable bonds is 3. The predicted octanol–water partition coefficient (Wildman–Crippen LogP) is 1.35. The molecule has 0 aliphatic carbocycles. The summed E-state index contributed by atoms with van der Waals surface area (Å²) in [6, 6.07) is 1.07. The molecule has 0 fully saturated rings. The van der Waals surface area contributed by atoms with Crippen LogP contribution in [0.4, 0.5) is 5.69 Å². The van der Waals surface area contributed by atoms with Crippen LogP contribution >= 0.6 is 11.6 Å². The third-order valence-electron chi connectivity index (χ3n) is 1.94. The summed E-state index contributed by atoms with van der Waals surface area (Å²) in [5, 5.41) is 10.5. The summed E-state index contributed by atoms with van der Waals surface area (Å²) < 4.78 is 0. The molecule has 0 saturated heterocycles. The molecule has 0 radical (unpaired) electrons. The smallest absolute Gasteiger partial charge is 0.288 e. The van der Waals surface area contributed by atoms with Gasteiger partial charge in [-0.05, 0) is 0 Å². The summed E-state index contributed by atoms with van der Waals surface area (Å²) in [6.45, 7) is 0.0812. The van der Waals surface area contributed by atoms with Gasteiger partial charge in [-0.15, -0.1) is 6.42 Å². The van der Waals surface area contributed by atoms with E-state index in [1.54, 1.807) is 0 Å². The lowest BCUT2D eigenvalue weighted by atomic mass is 10.2. The number of carbonyl (C=O) groups excluding carboxylic acids is 1. The Labute approximate surface area is 102 Å². The Morgan fingerprint density at radius 3 is 2.94 bits per heavy atom. The van der Waals surface area contributed by atoms with Crippen LogP contribution in [0.15, 0.2) is 12.3 Å². The van der Waals surface area contributed by atoms with Gasteiger partial charge in [0.15, 0.2) is 0 Å². The molecular weight excluding hydrogens is 246 g/mol. The zero-order valence-corrected chi connectivity index (χ0v) is 9.64. The molecule has 88 valence electrons. The summed E-state index contributed by atoms with van der Waals surface area (Å²) in [6.07, 6.45) is 6.05. The van der Waals surface area contributed by atoms with Crippen LogP contribution in [-0.2, 0) is 0 Å². The number of terminal acetylenes is 1. The summed E-state index contributed by atoms with van der Waals surface area (Å²) in [7, 11) is 1.47. The molecule has 1 aromatic rings.